The van der Waals surface area contributed by atoms with E-state index < -0.39 is 5.91 Å². The third-order valence-corrected chi connectivity index (χ3v) is 2.30. The van der Waals surface area contributed by atoms with Crippen LogP contribution in [0.5, 0.6) is 0 Å². The standard InChI is InChI=1S/C12H13N5O2/c1-2-19-8-14-12-10(11(13)18)15-16-17(12)9-6-4-3-5-7-9/h3-8H,2H2,1H3,(H2,13,18). The van der Waals surface area contributed by atoms with Crippen LogP contribution in [0.1, 0.15) is 17.4 Å². The molecule has 2 N–H and O–H groups in total. The number of carbonyl (C=O) groups is 1. The van der Waals surface area contributed by atoms with Crippen LogP contribution in [-0.2, 0) is 4.74 Å². The number of hydrogen-bond donors (Lipinski definition) is 1. The van der Waals surface area contributed by atoms with E-state index in [4.69, 9.17) is 10.5 Å². The van der Waals surface area contributed by atoms with Gasteiger partial charge in [0.25, 0.3) is 5.91 Å². The largest absolute Gasteiger partial charge is 0.483 e. The van der Waals surface area contributed by atoms with Crippen molar-refractivity contribution in [2.45, 2.75) is 6.92 Å². The van der Waals surface area contributed by atoms with Gasteiger partial charge in [-0.05, 0) is 19.1 Å². The zero-order valence-electron chi connectivity index (χ0n) is 10.4. The summed E-state index contributed by atoms with van der Waals surface area (Å²) >= 11 is 0. The van der Waals surface area contributed by atoms with E-state index in [0.717, 1.165) is 5.69 Å². The van der Waals surface area contributed by atoms with Crippen LogP contribution in [0, 0.1) is 0 Å². The van der Waals surface area contributed by atoms with Crippen LogP contribution in [0.2, 0.25) is 0 Å². The Morgan fingerprint density at radius 2 is 2.21 bits per heavy atom. The van der Waals surface area contributed by atoms with Crippen molar-refractivity contribution >= 4 is 18.1 Å². The second-order valence-corrected chi connectivity index (χ2v) is 3.56. The molecule has 0 saturated carbocycles. The van der Waals surface area contributed by atoms with Gasteiger partial charge in [-0.2, -0.15) is 9.67 Å². The normalized spacial score (nSPS) is 10.8. The van der Waals surface area contributed by atoms with Gasteiger partial charge in [-0.1, -0.05) is 23.4 Å². The Hall–Kier alpha value is -2.70. The molecule has 7 nitrogen and oxygen atoms in total. The van der Waals surface area contributed by atoms with Crippen LogP contribution in [0.15, 0.2) is 35.3 Å². The van der Waals surface area contributed by atoms with Crippen molar-refractivity contribution < 1.29 is 9.53 Å². The average Bonchev–Trinajstić information content (AvgIpc) is 2.84. The zero-order chi connectivity index (χ0) is 13.7. The Kier molecular flexibility index (Phi) is 3.87. The number of ether oxygens (including phenoxy) is 1. The number of nitrogens with two attached hydrogens (primary N) is 1. The molecule has 0 aliphatic heterocycles. The van der Waals surface area contributed by atoms with E-state index in [1.54, 1.807) is 0 Å². The van der Waals surface area contributed by atoms with Crippen LogP contribution in [0.4, 0.5) is 5.82 Å². The third kappa shape index (κ3) is 2.76. The van der Waals surface area contributed by atoms with Gasteiger partial charge in [0.1, 0.15) is 0 Å². The van der Waals surface area contributed by atoms with Crippen molar-refractivity contribution in [3.8, 4) is 5.69 Å². The van der Waals surface area contributed by atoms with E-state index in [1.165, 1.54) is 11.1 Å². The molecule has 0 fully saturated rings. The van der Waals surface area contributed by atoms with Crippen LogP contribution in [0.25, 0.3) is 5.69 Å². The molecule has 0 atom stereocenters. The Labute approximate surface area is 109 Å². The van der Waals surface area contributed by atoms with Gasteiger partial charge < -0.3 is 10.5 Å². The van der Waals surface area contributed by atoms with Gasteiger partial charge in [0, 0.05) is 0 Å². The molecular weight excluding hydrogens is 246 g/mol. The SMILES string of the molecule is CCOC=Nc1c(C(N)=O)nnn1-c1ccccc1. The molecule has 19 heavy (non-hydrogen) atoms. The van der Waals surface area contributed by atoms with E-state index in [2.05, 4.69) is 15.3 Å². The minimum Gasteiger partial charge on any atom is -0.483 e. The van der Waals surface area contributed by atoms with Crippen molar-refractivity contribution in [1.29, 1.82) is 0 Å². The summed E-state index contributed by atoms with van der Waals surface area (Å²) in [6, 6.07) is 9.20. The lowest BCUT2D eigenvalue weighted by Gasteiger charge is -2.02. The maximum Gasteiger partial charge on any atom is 0.273 e. The molecule has 1 aromatic carbocycles. The summed E-state index contributed by atoms with van der Waals surface area (Å²) in [6.45, 7) is 2.30. The first-order chi connectivity index (χ1) is 9.24. The van der Waals surface area contributed by atoms with E-state index in [0.29, 0.717) is 6.61 Å². The Balaban J connectivity index is 2.47. The average molecular weight is 259 g/mol. The van der Waals surface area contributed by atoms with Gasteiger partial charge in [-0.15, -0.1) is 5.10 Å². The van der Waals surface area contributed by atoms with Crippen LogP contribution >= 0.6 is 0 Å². The Morgan fingerprint density at radius 1 is 1.47 bits per heavy atom. The van der Waals surface area contributed by atoms with E-state index in [9.17, 15) is 4.79 Å². The highest BCUT2D eigenvalue weighted by molar-refractivity contribution is 5.95. The maximum absolute atomic E-state index is 11.3. The van der Waals surface area contributed by atoms with Crippen LogP contribution < -0.4 is 5.73 Å². The monoisotopic (exact) mass is 259 g/mol. The summed E-state index contributed by atoms with van der Waals surface area (Å²) in [7, 11) is 0. The van der Waals surface area contributed by atoms with Gasteiger partial charge >= 0.3 is 0 Å². The smallest absolute Gasteiger partial charge is 0.273 e. The number of carbonyl (C=O) groups excluding carboxylic acids is 1. The lowest BCUT2D eigenvalue weighted by Crippen LogP contribution is -2.12. The number of para-hydroxylation sites is 1. The Bertz CT molecular complexity index is 591. The molecule has 1 heterocycles. The number of rotatable bonds is 5. The van der Waals surface area contributed by atoms with E-state index in [1.807, 2.05) is 37.3 Å². The van der Waals surface area contributed by atoms with Crippen LogP contribution in [0.3, 0.4) is 0 Å². The lowest BCUT2D eigenvalue weighted by molar-refractivity contribution is 0.0996. The topological polar surface area (TPSA) is 95.4 Å². The highest BCUT2D eigenvalue weighted by Crippen LogP contribution is 2.20. The molecule has 98 valence electrons. The summed E-state index contributed by atoms with van der Waals surface area (Å²) < 4.78 is 6.45. The summed E-state index contributed by atoms with van der Waals surface area (Å²) in [5.74, 6) is -0.446. The molecular formula is C12H13N5O2. The summed E-state index contributed by atoms with van der Waals surface area (Å²) in [5.41, 5.74) is 5.97. The van der Waals surface area contributed by atoms with E-state index >= 15 is 0 Å². The third-order valence-electron chi connectivity index (χ3n) is 2.30. The fourth-order valence-electron chi connectivity index (χ4n) is 1.46. The molecule has 2 rings (SSSR count). The number of benzene rings is 1. The minimum atomic E-state index is -0.689. The summed E-state index contributed by atoms with van der Waals surface area (Å²) in [5, 5.41) is 7.62. The number of amides is 1. The van der Waals surface area contributed by atoms with Gasteiger partial charge in [0.05, 0.1) is 12.3 Å². The molecule has 0 unspecified atom stereocenters. The van der Waals surface area contributed by atoms with Crippen molar-refractivity contribution in [2.75, 3.05) is 6.61 Å². The van der Waals surface area contributed by atoms with Gasteiger partial charge in [-0.3, -0.25) is 4.79 Å². The summed E-state index contributed by atoms with van der Waals surface area (Å²) in [6.07, 6.45) is 1.24. The van der Waals surface area contributed by atoms with Gasteiger partial charge in [-0.25, -0.2) is 0 Å². The number of hydrogen-bond acceptors (Lipinski definition) is 5. The fraction of sp³-hybridized carbons (Fsp3) is 0.167. The zero-order valence-corrected chi connectivity index (χ0v) is 10.4. The lowest BCUT2D eigenvalue weighted by atomic mass is 10.3. The number of nitrogens with zero attached hydrogens (tertiary/aromatic N) is 4. The first-order valence-corrected chi connectivity index (χ1v) is 5.69. The second-order valence-electron chi connectivity index (χ2n) is 3.56. The predicted molar refractivity (Wildman–Crippen MR) is 69.7 cm³/mol. The van der Waals surface area contributed by atoms with Crippen molar-refractivity contribution in [2.24, 2.45) is 10.7 Å². The van der Waals surface area contributed by atoms with Gasteiger partial charge in [0.2, 0.25) is 0 Å². The first kappa shape index (κ1) is 12.7. The van der Waals surface area contributed by atoms with Crippen molar-refractivity contribution in [3.63, 3.8) is 0 Å². The molecule has 0 saturated heterocycles. The van der Waals surface area contributed by atoms with Crippen molar-refractivity contribution in [3.05, 3.63) is 36.0 Å². The molecule has 0 aliphatic rings. The molecule has 1 aromatic heterocycles. The Morgan fingerprint density at radius 3 is 2.84 bits per heavy atom. The molecule has 7 heteroatoms. The number of aliphatic imine (C=N–C) groups is 1. The molecule has 1 amide bonds. The quantitative estimate of drug-likeness (QED) is 0.641. The highest BCUT2D eigenvalue weighted by Gasteiger charge is 2.17. The molecule has 0 aliphatic carbocycles. The molecule has 2 aromatic rings. The van der Waals surface area contributed by atoms with E-state index in [-0.39, 0.29) is 11.5 Å². The summed E-state index contributed by atoms with van der Waals surface area (Å²) in [4.78, 5) is 15.3. The highest BCUT2D eigenvalue weighted by atomic mass is 16.5. The second kappa shape index (κ2) is 5.76. The predicted octanol–water partition coefficient (Wildman–Crippen LogP) is 1.06. The minimum absolute atomic E-state index is 0.000180. The molecule has 0 radical (unpaired) electrons. The maximum atomic E-state index is 11.3. The molecule has 0 spiro atoms. The first-order valence-electron chi connectivity index (χ1n) is 5.69. The number of aromatic nitrogens is 3. The van der Waals surface area contributed by atoms with Crippen molar-refractivity contribution in [1.82, 2.24) is 15.0 Å². The fourth-order valence-corrected chi connectivity index (χ4v) is 1.46. The molecule has 0 bridgehead atoms. The van der Waals surface area contributed by atoms with Crippen LogP contribution in [-0.4, -0.2) is 33.9 Å². The number of primary amides is 1. The van der Waals surface area contributed by atoms with Gasteiger partial charge in [0.15, 0.2) is 17.9 Å².